The molecule has 1 aromatic heterocycles. The van der Waals surface area contributed by atoms with Gasteiger partial charge in [0, 0.05) is 17.6 Å². The number of hydrogen-bond acceptors (Lipinski definition) is 2. The van der Waals surface area contributed by atoms with Gasteiger partial charge >= 0.3 is 20.4 Å². The van der Waals surface area contributed by atoms with E-state index in [0.29, 0.717) is 0 Å². The van der Waals surface area contributed by atoms with Crippen molar-refractivity contribution in [2.75, 3.05) is 0 Å². The number of nitrogens with zero attached hydrogens (tertiary/aromatic N) is 2. The Hall–Kier alpha value is -3.90. The van der Waals surface area contributed by atoms with Crippen LogP contribution in [-0.4, -0.2) is 11.2 Å². The Balaban J connectivity index is 0.00000253. The molecule has 2 nitrogen and oxygen atoms in total. The van der Waals surface area contributed by atoms with Crippen LogP contribution in [0.25, 0.3) is 43.9 Å². The van der Waals surface area contributed by atoms with Crippen LogP contribution in [0.5, 0.6) is 0 Å². The molecule has 6 rings (SSSR count). The van der Waals surface area contributed by atoms with Crippen LogP contribution in [0.3, 0.4) is 0 Å². The zero-order valence-electron chi connectivity index (χ0n) is 18.8. The third-order valence-corrected chi connectivity index (χ3v) is 5.97. The summed E-state index contributed by atoms with van der Waals surface area (Å²) in [5.41, 5.74) is 5.81. The van der Waals surface area contributed by atoms with E-state index in [1.165, 1.54) is 10.8 Å². The van der Waals surface area contributed by atoms with Gasteiger partial charge in [-0.25, -0.2) is 0 Å². The normalized spacial score (nSPS) is 11.1. The van der Waals surface area contributed by atoms with Crippen LogP contribution in [0.2, 0.25) is 0 Å². The molecule has 0 N–H and O–H groups in total. The van der Waals surface area contributed by atoms with Crippen LogP contribution in [0.4, 0.5) is 5.69 Å². The first-order valence-corrected chi connectivity index (χ1v) is 11.3. The van der Waals surface area contributed by atoms with E-state index in [1.54, 1.807) is 0 Å². The molecule has 1 heterocycles. The Morgan fingerprint density at radius 3 is 2.23 bits per heavy atom. The van der Waals surface area contributed by atoms with E-state index in [0.717, 1.165) is 44.4 Å². The van der Waals surface area contributed by atoms with Crippen LogP contribution < -0.4 is 0 Å². The fourth-order valence-electron chi connectivity index (χ4n) is 4.37. The van der Waals surface area contributed by atoms with Gasteiger partial charge in [0.25, 0.3) is 0 Å². The maximum Gasteiger partial charge on any atom is 2.00 e. The molecule has 0 bridgehead atoms. The molecule has 0 saturated heterocycles. The van der Waals surface area contributed by atoms with Crippen LogP contribution in [0.15, 0.2) is 120 Å². The third-order valence-electron chi connectivity index (χ3n) is 5.97. The molecule has 168 valence electrons. The second-order valence-corrected chi connectivity index (χ2v) is 8.12. The zero-order valence-corrected chi connectivity index (χ0v) is 20.3. The fraction of sp³-hybridized carbons (Fsp3) is 0. The van der Waals surface area contributed by atoms with E-state index in [9.17, 15) is 0 Å². The summed E-state index contributed by atoms with van der Waals surface area (Å²) in [5, 5.41) is 4.63. The van der Waals surface area contributed by atoms with Gasteiger partial charge in [0.2, 0.25) is 0 Å². The van der Waals surface area contributed by atoms with E-state index < -0.39 is 0 Å². The van der Waals surface area contributed by atoms with Crippen molar-refractivity contribution in [3.63, 3.8) is 0 Å². The molecule has 0 spiro atoms. The van der Waals surface area contributed by atoms with E-state index in [4.69, 9.17) is 4.99 Å². The molecule has 0 unspecified atom stereocenters. The molecule has 0 aliphatic heterocycles. The van der Waals surface area contributed by atoms with Gasteiger partial charge in [-0.1, -0.05) is 71.1 Å². The summed E-state index contributed by atoms with van der Waals surface area (Å²) < 4.78 is 0. The summed E-state index contributed by atoms with van der Waals surface area (Å²) in [6.07, 6.45) is 3.73. The summed E-state index contributed by atoms with van der Waals surface area (Å²) in [6.45, 7) is 0. The number of rotatable bonds is 4. The van der Waals surface area contributed by atoms with E-state index >= 15 is 0 Å². The number of pyridine rings is 1. The first-order valence-electron chi connectivity index (χ1n) is 11.3. The second-order valence-electron chi connectivity index (χ2n) is 8.12. The maximum absolute atomic E-state index is 4.90. The van der Waals surface area contributed by atoms with Crippen LogP contribution in [-0.2, 0) is 20.4 Å². The average molecular weight is 539 g/mol. The Bertz CT molecular complexity index is 1650. The Morgan fingerprint density at radius 1 is 0.657 bits per heavy atom. The first kappa shape index (κ1) is 22.9. The van der Waals surface area contributed by atoms with Gasteiger partial charge < -0.3 is 4.99 Å². The molecular weight excluding hydrogens is 519 g/mol. The summed E-state index contributed by atoms with van der Waals surface area (Å²) in [4.78, 5) is 9.55. The molecule has 0 aliphatic carbocycles. The Kier molecular flexibility index (Phi) is 6.64. The zero-order chi connectivity index (χ0) is 22.7. The van der Waals surface area contributed by atoms with Gasteiger partial charge in [-0.3, -0.25) is 4.98 Å². The number of benzene rings is 5. The van der Waals surface area contributed by atoms with E-state index in [-0.39, 0.29) is 20.4 Å². The van der Waals surface area contributed by atoms with Gasteiger partial charge in [-0.15, -0.1) is 65.7 Å². The van der Waals surface area contributed by atoms with Crippen LogP contribution in [0, 0.1) is 12.1 Å². The van der Waals surface area contributed by atoms with Crippen LogP contribution in [0.1, 0.15) is 5.56 Å². The molecule has 35 heavy (non-hydrogen) atoms. The molecule has 0 saturated carbocycles. The van der Waals surface area contributed by atoms with Gasteiger partial charge in [-0.2, -0.15) is 0 Å². The summed E-state index contributed by atoms with van der Waals surface area (Å²) in [7, 11) is 0. The predicted octanol–water partition coefficient (Wildman–Crippen LogP) is 8.07. The van der Waals surface area contributed by atoms with Crippen molar-refractivity contribution in [3.05, 3.63) is 133 Å². The number of aromatic nitrogens is 1. The van der Waals surface area contributed by atoms with Crippen molar-refractivity contribution in [2.45, 2.75) is 0 Å². The Labute approximate surface area is 218 Å². The maximum atomic E-state index is 4.90. The summed E-state index contributed by atoms with van der Waals surface area (Å²) >= 11 is 0. The standard InChI is InChI=1S/C32H20N2.Pd/c1-2-12-26(13-3-1)31-28-15-6-4-10-24(28)17-18-30(31)34-22-23-9-8-14-27(21-23)32-29-16-7-5-11-25(29)19-20-33-32;/h1-12,14-20,22H;/q-2;+2. The van der Waals surface area contributed by atoms with Crippen molar-refractivity contribution >= 4 is 33.4 Å². The number of aliphatic imine (C=N–C) groups is 1. The quantitative estimate of drug-likeness (QED) is 0.127. The van der Waals surface area contributed by atoms with Crippen molar-refractivity contribution in [2.24, 2.45) is 4.99 Å². The SMILES string of the molecule is [Pd+2].[c-]1c(C=Nc2ccc3ccccc3c2-c2[c-]cccc2)cccc1-c1nccc2ccccc12. The van der Waals surface area contributed by atoms with Crippen molar-refractivity contribution < 1.29 is 20.4 Å². The third kappa shape index (κ3) is 4.57. The summed E-state index contributed by atoms with van der Waals surface area (Å²) in [6, 6.07) is 43.9. The molecule has 0 amide bonds. The molecule has 0 aliphatic rings. The van der Waals surface area contributed by atoms with Gasteiger partial charge in [0.15, 0.2) is 0 Å². The molecule has 5 aromatic carbocycles. The molecule has 0 radical (unpaired) electrons. The largest absolute Gasteiger partial charge is 2.00 e. The molecule has 0 atom stereocenters. The monoisotopic (exact) mass is 538 g/mol. The topological polar surface area (TPSA) is 25.2 Å². The first-order chi connectivity index (χ1) is 16.9. The van der Waals surface area contributed by atoms with Gasteiger partial charge in [0.1, 0.15) is 0 Å². The minimum Gasteiger partial charge on any atom is -0.304 e. The minimum absolute atomic E-state index is 0. The van der Waals surface area contributed by atoms with Crippen molar-refractivity contribution in [1.29, 1.82) is 0 Å². The molecule has 0 fully saturated rings. The van der Waals surface area contributed by atoms with E-state index in [1.807, 2.05) is 67.0 Å². The van der Waals surface area contributed by atoms with Gasteiger partial charge in [-0.05, 0) is 34.5 Å². The van der Waals surface area contributed by atoms with Crippen LogP contribution >= 0.6 is 0 Å². The number of hydrogen-bond donors (Lipinski definition) is 0. The predicted molar refractivity (Wildman–Crippen MR) is 141 cm³/mol. The number of fused-ring (bicyclic) bond motifs is 2. The molecular formula is C32H20N2Pd. The minimum atomic E-state index is 0. The Morgan fingerprint density at radius 2 is 1.40 bits per heavy atom. The summed E-state index contributed by atoms with van der Waals surface area (Å²) in [5.74, 6) is 0. The van der Waals surface area contributed by atoms with E-state index in [2.05, 4.69) is 71.7 Å². The average Bonchev–Trinajstić information content (AvgIpc) is 2.92. The van der Waals surface area contributed by atoms with Crippen molar-refractivity contribution in [1.82, 2.24) is 4.98 Å². The van der Waals surface area contributed by atoms with Crippen molar-refractivity contribution in [3.8, 4) is 22.4 Å². The fourth-order valence-corrected chi connectivity index (χ4v) is 4.37. The second kappa shape index (κ2) is 10.2. The van der Waals surface area contributed by atoms with Gasteiger partial charge in [0.05, 0.1) is 0 Å². The molecule has 6 aromatic rings. The molecule has 3 heteroatoms. The smallest absolute Gasteiger partial charge is 0.304 e.